The third-order valence-corrected chi connectivity index (χ3v) is 4.86. The van der Waals surface area contributed by atoms with Crippen molar-refractivity contribution in [3.05, 3.63) is 108 Å². The van der Waals surface area contributed by atoms with Crippen LogP contribution in [0.3, 0.4) is 0 Å². The van der Waals surface area contributed by atoms with Crippen molar-refractivity contribution >= 4 is 18.6 Å². The van der Waals surface area contributed by atoms with E-state index in [4.69, 9.17) is 0 Å². The molecule has 0 bridgehead atoms. The van der Waals surface area contributed by atoms with Crippen molar-refractivity contribution in [1.29, 1.82) is 0 Å². The van der Waals surface area contributed by atoms with Crippen molar-refractivity contribution in [2.45, 2.75) is 11.6 Å². The molecule has 4 heteroatoms. The maximum atomic E-state index is 11.8. The van der Waals surface area contributed by atoms with Crippen LogP contribution in [0.15, 0.2) is 91.0 Å². The molecule has 3 aromatic carbocycles. The molecular weight excluding hydrogens is 342 g/mol. The van der Waals surface area contributed by atoms with E-state index in [-0.39, 0.29) is 5.75 Å². The lowest BCUT2D eigenvalue weighted by atomic mass is 9.76. The van der Waals surface area contributed by atoms with Crippen molar-refractivity contribution in [2.75, 3.05) is 5.75 Å². The van der Waals surface area contributed by atoms with Crippen molar-refractivity contribution in [2.24, 2.45) is 0 Å². The average Bonchev–Trinajstić information content (AvgIpc) is 2.71. The quantitative estimate of drug-likeness (QED) is 0.440. The monoisotopic (exact) mass is 363 g/mol. The van der Waals surface area contributed by atoms with Gasteiger partial charge >= 0.3 is 5.97 Å². The van der Waals surface area contributed by atoms with Crippen LogP contribution < -0.4 is 5.32 Å². The third-order valence-electron chi connectivity index (χ3n) is 4.49. The lowest BCUT2D eigenvalue weighted by molar-refractivity contribution is -0.139. The number of rotatable bonds is 7. The second-order valence-corrected chi connectivity index (χ2v) is 6.43. The highest BCUT2D eigenvalue weighted by Gasteiger charge is 2.39. The first-order valence-corrected chi connectivity index (χ1v) is 9.09. The van der Waals surface area contributed by atoms with E-state index >= 15 is 0 Å². The van der Waals surface area contributed by atoms with Crippen LogP contribution in [0, 0.1) is 0 Å². The number of carbonyl (C=O) groups is 1. The van der Waals surface area contributed by atoms with Crippen LogP contribution in [-0.4, -0.2) is 22.9 Å². The molecule has 0 aliphatic heterocycles. The minimum atomic E-state index is -0.924. The van der Waals surface area contributed by atoms with Gasteiger partial charge in [-0.2, -0.15) is 12.6 Å². The average molecular weight is 363 g/mol. The highest BCUT2D eigenvalue weighted by Crippen LogP contribution is 2.37. The molecule has 26 heavy (non-hydrogen) atoms. The summed E-state index contributed by atoms with van der Waals surface area (Å²) in [5, 5.41) is 13.1. The summed E-state index contributed by atoms with van der Waals surface area (Å²) in [4.78, 5) is 11.8. The summed E-state index contributed by atoms with van der Waals surface area (Å²) in [7, 11) is 0. The zero-order valence-corrected chi connectivity index (χ0v) is 15.1. The number of aliphatic carboxylic acids is 1. The van der Waals surface area contributed by atoms with E-state index in [1.807, 2.05) is 91.0 Å². The Morgan fingerprint density at radius 2 is 1.15 bits per heavy atom. The molecule has 0 aliphatic rings. The standard InChI is InChI=1S/C22H21NO2S/c24-21(25)20(16-26)23-22(17-10-4-1-5-11-17,18-12-6-2-7-13-18)19-14-8-3-9-15-19/h1-15,20,23,26H,16H2,(H,24,25)/t20-/m0/s1. The maximum Gasteiger partial charge on any atom is 0.321 e. The Bertz CT molecular complexity index is 741. The zero-order chi connectivity index (χ0) is 18.4. The first-order chi connectivity index (χ1) is 12.7. The van der Waals surface area contributed by atoms with E-state index in [2.05, 4.69) is 17.9 Å². The van der Waals surface area contributed by atoms with Crippen LogP contribution >= 0.6 is 12.6 Å². The summed E-state index contributed by atoms with van der Waals surface area (Å²) in [6.45, 7) is 0. The van der Waals surface area contributed by atoms with Gasteiger partial charge in [-0.1, -0.05) is 91.0 Å². The van der Waals surface area contributed by atoms with Crippen molar-refractivity contribution < 1.29 is 9.90 Å². The number of carboxylic acid groups (broad SMARTS) is 1. The van der Waals surface area contributed by atoms with Crippen LogP contribution in [0.2, 0.25) is 0 Å². The number of thiol groups is 1. The highest BCUT2D eigenvalue weighted by molar-refractivity contribution is 7.80. The second-order valence-electron chi connectivity index (χ2n) is 6.07. The molecule has 2 N–H and O–H groups in total. The number of nitrogens with one attached hydrogen (secondary N) is 1. The van der Waals surface area contributed by atoms with Gasteiger partial charge in [-0.25, -0.2) is 0 Å². The molecule has 132 valence electrons. The number of benzene rings is 3. The van der Waals surface area contributed by atoms with Gasteiger partial charge in [0.25, 0.3) is 0 Å². The molecule has 0 spiro atoms. The Morgan fingerprint density at radius 1 is 0.808 bits per heavy atom. The van der Waals surface area contributed by atoms with E-state index < -0.39 is 17.6 Å². The van der Waals surface area contributed by atoms with Crippen LogP contribution in [0.5, 0.6) is 0 Å². The maximum absolute atomic E-state index is 11.8. The predicted molar refractivity (Wildman–Crippen MR) is 108 cm³/mol. The molecule has 0 saturated carbocycles. The Hall–Kier alpha value is -2.56. The highest BCUT2D eigenvalue weighted by atomic mass is 32.1. The number of hydrogen-bond donors (Lipinski definition) is 3. The van der Waals surface area contributed by atoms with Crippen LogP contribution in [-0.2, 0) is 10.3 Å². The summed E-state index contributed by atoms with van der Waals surface area (Å²) in [6, 6.07) is 29.0. The molecule has 0 heterocycles. The summed E-state index contributed by atoms with van der Waals surface area (Å²) in [5.74, 6) is -0.740. The molecule has 0 unspecified atom stereocenters. The smallest absolute Gasteiger partial charge is 0.321 e. The number of carboxylic acids is 1. The van der Waals surface area contributed by atoms with Gasteiger partial charge in [0, 0.05) is 5.75 Å². The Morgan fingerprint density at radius 3 is 1.42 bits per heavy atom. The SMILES string of the molecule is O=C(O)[C@H](CS)NC(c1ccccc1)(c1ccccc1)c1ccccc1. The minimum Gasteiger partial charge on any atom is -0.480 e. The van der Waals surface area contributed by atoms with Gasteiger partial charge in [-0.3, -0.25) is 10.1 Å². The van der Waals surface area contributed by atoms with Crippen LogP contribution in [0.4, 0.5) is 0 Å². The Balaban J connectivity index is 2.29. The topological polar surface area (TPSA) is 49.3 Å². The molecule has 0 amide bonds. The molecule has 1 atom stereocenters. The van der Waals surface area contributed by atoms with Gasteiger partial charge in [0.1, 0.15) is 6.04 Å². The summed E-state index contributed by atoms with van der Waals surface area (Å²) < 4.78 is 0. The van der Waals surface area contributed by atoms with Crippen molar-refractivity contribution in [3.8, 4) is 0 Å². The fraction of sp³-hybridized carbons (Fsp3) is 0.136. The van der Waals surface area contributed by atoms with Gasteiger partial charge in [0.2, 0.25) is 0 Å². The van der Waals surface area contributed by atoms with Crippen LogP contribution in [0.25, 0.3) is 0 Å². The minimum absolute atomic E-state index is 0.184. The largest absolute Gasteiger partial charge is 0.480 e. The second kappa shape index (κ2) is 8.21. The molecular formula is C22H21NO2S. The Labute approximate surface area is 159 Å². The van der Waals surface area contributed by atoms with Gasteiger partial charge < -0.3 is 5.11 Å². The molecule has 3 rings (SSSR count). The predicted octanol–water partition coefficient (Wildman–Crippen LogP) is 3.95. The van der Waals surface area contributed by atoms with Crippen molar-refractivity contribution in [1.82, 2.24) is 5.32 Å². The van der Waals surface area contributed by atoms with E-state index in [0.29, 0.717) is 0 Å². The fourth-order valence-electron chi connectivity index (χ4n) is 3.26. The first kappa shape index (κ1) is 18.2. The van der Waals surface area contributed by atoms with Crippen molar-refractivity contribution in [3.63, 3.8) is 0 Å². The van der Waals surface area contributed by atoms with E-state index in [0.717, 1.165) is 16.7 Å². The molecule has 3 nitrogen and oxygen atoms in total. The molecule has 0 aliphatic carbocycles. The summed E-state index contributed by atoms with van der Waals surface area (Å²) in [6.07, 6.45) is 0. The molecule has 0 aromatic heterocycles. The van der Waals surface area contributed by atoms with Gasteiger partial charge in [0.15, 0.2) is 0 Å². The summed E-state index contributed by atoms with van der Waals surface area (Å²) >= 11 is 4.26. The van der Waals surface area contributed by atoms with Gasteiger partial charge in [-0.15, -0.1) is 0 Å². The van der Waals surface area contributed by atoms with Gasteiger partial charge in [-0.05, 0) is 16.7 Å². The normalized spacial score (nSPS) is 12.5. The zero-order valence-electron chi connectivity index (χ0n) is 14.2. The summed E-state index contributed by atoms with van der Waals surface area (Å²) in [5.41, 5.74) is 2.14. The van der Waals surface area contributed by atoms with Crippen LogP contribution in [0.1, 0.15) is 16.7 Å². The van der Waals surface area contributed by atoms with E-state index in [1.54, 1.807) is 0 Å². The number of hydrogen-bond acceptors (Lipinski definition) is 3. The molecule has 3 aromatic rings. The lowest BCUT2D eigenvalue weighted by Crippen LogP contribution is -2.53. The molecule has 0 fully saturated rings. The molecule has 0 saturated heterocycles. The fourth-order valence-corrected chi connectivity index (χ4v) is 3.51. The van der Waals surface area contributed by atoms with E-state index in [1.165, 1.54) is 0 Å². The van der Waals surface area contributed by atoms with Gasteiger partial charge in [0.05, 0.1) is 5.54 Å². The third kappa shape index (κ3) is 3.52. The van der Waals surface area contributed by atoms with E-state index in [9.17, 15) is 9.90 Å². The Kier molecular flexibility index (Phi) is 5.76. The molecule has 0 radical (unpaired) electrons. The lowest BCUT2D eigenvalue weighted by Gasteiger charge is -2.39. The first-order valence-electron chi connectivity index (χ1n) is 8.46.